The molecule has 3 aromatic rings. The van der Waals surface area contributed by atoms with Crippen molar-refractivity contribution in [1.29, 1.82) is 0 Å². The van der Waals surface area contributed by atoms with Gasteiger partial charge in [-0.1, -0.05) is 12.2 Å². The molecule has 1 aliphatic heterocycles. The minimum Gasteiger partial charge on any atom is -0.353 e. The Bertz CT molecular complexity index is 953. The fourth-order valence-electron chi connectivity index (χ4n) is 3.62. The number of aryl methyl sites for hydroxylation is 2. The number of thiophene rings is 1. The molecule has 0 N–H and O–H groups in total. The largest absolute Gasteiger partial charge is 0.353 e. The minimum atomic E-state index is 0.984. The van der Waals surface area contributed by atoms with Gasteiger partial charge in [-0.25, -0.2) is 15.0 Å². The number of pyridine rings is 1. The van der Waals surface area contributed by atoms with Crippen molar-refractivity contribution in [3.05, 3.63) is 35.8 Å². The van der Waals surface area contributed by atoms with Gasteiger partial charge in [-0.05, 0) is 32.4 Å². The van der Waals surface area contributed by atoms with Crippen molar-refractivity contribution in [1.82, 2.24) is 19.9 Å². The highest BCUT2D eigenvalue weighted by atomic mass is 32.1. The van der Waals surface area contributed by atoms with Gasteiger partial charge in [0.1, 0.15) is 17.0 Å². The summed E-state index contributed by atoms with van der Waals surface area (Å²) in [4.78, 5) is 19.8. The molecule has 4 rings (SSSR count). The van der Waals surface area contributed by atoms with Crippen LogP contribution >= 0.6 is 11.3 Å². The third-order valence-corrected chi connectivity index (χ3v) is 5.77. The zero-order valence-electron chi connectivity index (χ0n) is 15.0. The van der Waals surface area contributed by atoms with Crippen LogP contribution in [0.25, 0.3) is 20.4 Å². The molecule has 5 nitrogen and oxygen atoms in total. The topological polar surface area (TPSA) is 45.2 Å². The maximum absolute atomic E-state index is 4.72. The van der Waals surface area contributed by atoms with Crippen molar-refractivity contribution in [3.63, 3.8) is 0 Å². The molecule has 1 fully saturated rings. The summed E-state index contributed by atoms with van der Waals surface area (Å²) in [5, 5.41) is 1.18. The van der Waals surface area contributed by atoms with Gasteiger partial charge in [-0.3, -0.25) is 4.90 Å². The first-order valence-electron chi connectivity index (χ1n) is 8.66. The van der Waals surface area contributed by atoms with Crippen LogP contribution in [0.15, 0.2) is 24.5 Å². The third-order valence-electron chi connectivity index (χ3n) is 4.70. The first kappa shape index (κ1) is 16.4. The highest BCUT2D eigenvalue weighted by molar-refractivity contribution is 7.26. The number of aromatic nitrogens is 3. The fraction of sp³-hybridized carbons (Fsp3) is 0.421. The molecule has 0 amide bonds. The Kier molecular flexibility index (Phi) is 4.17. The summed E-state index contributed by atoms with van der Waals surface area (Å²) >= 11 is 1.72. The predicted octanol–water partition coefficient (Wildman–Crippen LogP) is 3.55. The number of hydrogen-bond donors (Lipinski definition) is 0. The number of piperazine rings is 1. The number of fused-ring (bicyclic) bond motifs is 3. The Morgan fingerprint density at radius 3 is 2.68 bits per heavy atom. The molecule has 3 aromatic heterocycles. The monoisotopic (exact) mass is 353 g/mol. The standard InChI is InChI=1S/C19H23N5S/c1-12(2)10-23-5-7-24(8-6-23)18-17-16(20-11-21-18)15-13(3)9-14(4)22-19(15)25-17/h9,11H,1,5-8,10H2,2-4H3. The van der Waals surface area contributed by atoms with Crippen LogP contribution in [0.4, 0.5) is 5.82 Å². The van der Waals surface area contributed by atoms with E-state index in [0.717, 1.165) is 59.3 Å². The van der Waals surface area contributed by atoms with E-state index in [2.05, 4.69) is 46.3 Å². The number of rotatable bonds is 3. The lowest BCUT2D eigenvalue weighted by Gasteiger charge is -2.35. The lowest BCUT2D eigenvalue weighted by Crippen LogP contribution is -2.47. The summed E-state index contributed by atoms with van der Waals surface area (Å²) in [7, 11) is 0. The molecule has 25 heavy (non-hydrogen) atoms. The van der Waals surface area contributed by atoms with Crippen LogP contribution in [-0.4, -0.2) is 52.6 Å². The Labute approximate surface area is 152 Å². The molecule has 0 atom stereocenters. The summed E-state index contributed by atoms with van der Waals surface area (Å²) in [6.07, 6.45) is 1.70. The van der Waals surface area contributed by atoms with E-state index in [0.29, 0.717) is 0 Å². The molecule has 0 aromatic carbocycles. The third kappa shape index (κ3) is 3.00. The van der Waals surface area contributed by atoms with Crippen molar-refractivity contribution in [2.75, 3.05) is 37.6 Å². The molecular weight excluding hydrogens is 330 g/mol. The number of hydrogen-bond acceptors (Lipinski definition) is 6. The molecule has 1 aliphatic rings. The second-order valence-electron chi connectivity index (χ2n) is 6.96. The SMILES string of the molecule is C=C(C)CN1CCN(c2ncnc3c2sc2nc(C)cc(C)c23)CC1. The molecule has 130 valence electrons. The molecule has 6 heteroatoms. The van der Waals surface area contributed by atoms with Crippen molar-refractivity contribution in [2.45, 2.75) is 20.8 Å². The van der Waals surface area contributed by atoms with E-state index >= 15 is 0 Å². The van der Waals surface area contributed by atoms with Crippen molar-refractivity contribution < 1.29 is 0 Å². The molecule has 0 saturated carbocycles. The van der Waals surface area contributed by atoms with Gasteiger partial charge in [0, 0.05) is 43.8 Å². The van der Waals surface area contributed by atoms with Gasteiger partial charge in [0.05, 0.1) is 10.2 Å². The molecule has 4 heterocycles. The molecule has 1 saturated heterocycles. The second-order valence-corrected chi connectivity index (χ2v) is 7.96. The second kappa shape index (κ2) is 6.35. The Hall–Kier alpha value is -2.05. The molecule has 0 aliphatic carbocycles. The van der Waals surface area contributed by atoms with Gasteiger partial charge < -0.3 is 4.90 Å². The number of anilines is 1. The van der Waals surface area contributed by atoms with E-state index in [1.807, 2.05) is 6.92 Å². The van der Waals surface area contributed by atoms with Crippen LogP contribution in [0.5, 0.6) is 0 Å². The number of nitrogens with zero attached hydrogens (tertiary/aromatic N) is 5. The first-order valence-corrected chi connectivity index (χ1v) is 9.47. The van der Waals surface area contributed by atoms with E-state index in [9.17, 15) is 0 Å². The van der Waals surface area contributed by atoms with Crippen LogP contribution in [0.1, 0.15) is 18.2 Å². The maximum atomic E-state index is 4.72. The molecular formula is C19H23N5S. The van der Waals surface area contributed by atoms with E-state index in [-0.39, 0.29) is 0 Å². The average Bonchev–Trinajstić information content (AvgIpc) is 2.93. The summed E-state index contributed by atoms with van der Waals surface area (Å²) < 4.78 is 1.16. The normalized spacial score (nSPS) is 16.0. The van der Waals surface area contributed by atoms with Crippen LogP contribution in [0.3, 0.4) is 0 Å². The van der Waals surface area contributed by atoms with Gasteiger partial charge in [0.2, 0.25) is 0 Å². The Morgan fingerprint density at radius 1 is 1.20 bits per heavy atom. The molecule has 0 unspecified atom stereocenters. The maximum Gasteiger partial charge on any atom is 0.150 e. The zero-order chi connectivity index (χ0) is 17.6. The minimum absolute atomic E-state index is 0.984. The highest BCUT2D eigenvalue weighted by Crippen LogP contribution is 2.38. The quantitative estimate of drug-likeness (QED) is 0.674. The van der Waals surface area contributed by atoms with Crippen LogP contribution in [0.2, 0.25) is 0 Å². The van der Waals surface area contributed by atoms with Crippen LogP contribution in [-0.2, 0) is 0 Å². The van der Waals surface area contributed by atoms with E-state index in [4.69, 9.17) is 4.98 Å². The average molecular weight is 353 g/mol. The van der Waals surface area contributed by atoms with Crippen LogP contribution < -0.4 is 4.90 Å². The van der Waals surface area contributed by atoms with Gasteiger partial charge in [0.25, 0.3) is 0 Å². The zero-order valence-corrected chi connectivity index (χ0v) is 15.9. The summed E-state index contributed by atoms with van der Waals surface area (Å²) in [6.45, 7) is 15.3. The lowest BCUT2D eigenvalue weighted by molar-refractivity contribution is 0.278. The van der Waals surface area contributed by atoms with Crippen molar-refractivity contribution in [2.24, 2.45) is 0 Å². The van der Waals surface area contributed by atoms with Gasteiger partial charge in [0.15, 0.2) is 0 Å². The van der Waals surface area contributed by atoms with Gasteiger partial charge >= 0.3 is 0 Å². The van der Waals surface area contributed by atoms with Crippen molar-refractivity contribution >= 4 is 37.6 Å². The summed E-state index contributed by atoms with van der Waals surface area (Å²) in [5.41, 5.74) is 4.56. The van der Waals surface area contributed by atoms with Crippen molar-refractivity contribution in [3.8, 4) is 0 Å². The van der Waals surface area contributed by atoms with E-state index in [1.165, 1.54) is 16.5 Å². The molecule has 0 spiro atoms. The van der Waals surface area contributed by atoms with E-state index in [1.54, 1.807) is 17.7 Å². The highest BCUT2D eigenvalue weighted by Gasteiger charge is 2.22. The molecule has 0 bridgehead atoms. The Morgan fingerprint density at radius 2 is 1.96 bits per heavy atom. The first-order chi connectivity index (χ1) is 12.0. The Balaban J connectivity index is 1.71. The van der Waals surface area contributed by atoms with Gasteiger partial charge in [-0.2, -0.15) is 0 Å². The summed E-state index contributed by atoms with van der Waals surface area (Å²) in [6, 6.07) is 2.13. The molecule has 0 radical (unpaired) electrons. The lowest BCUT2D eigenvalue weighted by atomic mass is 10.1. The summed E-state index contributed by atoms with van der Waals surface area (Å²) in [5.74, 6) is 1.06. The fourth-order valence-corrected chi connectivity index (χ4v) is 4.89. The predicted molar refractivity (Wildman–Crippen MR) is 106 cm³/mol. The van der Waals surface area contributed by atoms with E-state index < -0.39 is 0 Å². The smallest absolute Gasteiger partial charge is 0.150 e. The van der Waals surface area contributed by atoms with Gasteiger partial charge in [-0.15, -0.1) is 11.3 Å². The van der Waals surface area contributed by atoms with Crippen LogP contribution in [0, 0.1) is 13.8 Å².